The Bertz CT molecular complexity index is 2580. The monoisotopic (exact) mass is 835 g/mol. The van der Waals surface area contributed by atoms with Gasteiger partial charge in [-0.25, -0.2) is 9.80 Å². The number of urea groups is 1. The Hall–Kier alpha value is -6.04. The average Bonchev–Trinajstić information content (AvgIpc) is 3.80. The highest BCUT2D eigenvalue weighted by Crippen LogP contribution is 2.46. The molecule has 0 radical (unpaired) electrons. The first-order chi connectivity index (χ1) is 29.9. The smallest absolute Gasteiger partial charge is 0.343 e. The Kier molecular flexibility index (Phi) is 9.95. The zero-order valence-electron chi connectivity index (χ0n) is 35.8. The number of nitrogens with one attached hydrogen (secondary N) is 2. The zero-order valence-corrected chi connectivity index (χ0v) is 35.8. The first kappa shape index (κ1) is 40.1. The summed E-state index contributed by atoms with van der Waals surface area (Å²) in [6.45, 7) is 15.7. The van der Waals surface area contributed by atoms with Crippen LogP contribution in [0.15, 0.2) is 48.5 Å². The Morgan fingerprint density at radius 2 is 1.50 bits per heavy atom. The summed E-state index contributed by atoms with van der Waals surface area (Å²) in [5.41, 5.74) is 8.45. The average molecular weight is 836 g/mol. The second-order valence-corrected chi connectivity index (χ2v) is 18.4. The summed E-state index contributed by atoms with van der Waals surface area (Å²) < 4.78 is 0. The molecule has 14 heteroatoms. The summed E-state index contributed by atoms with van der Waals surface area (Å²) in [5.74, 6) is -0.854. The van der Waals surface area contributed by atoms with Crippen molar-refractivity contribution in [2.75, 3.05) is 75.2 Å². The number of carbonyl (C=O) groups is 5. The molecule has 5 aliphatic heterocycles. The fourth-order valence-electron chi connectivity index (χ4n) is 11.1. The Morgan fingerprint density at radius 3 is 2.21 bits per heavy atom. The first-order valence-corrected chi connectivity index (χ1v) is 22.3. The van der Waals surface area contributed by atoms with E-state index in [4.69, 9.17) is 0 Å². The van der Waals surface area contributed by atoms with E-state index >= 15 is 0 Å². The largest absolute Gasteiger partial charge is 0.371 e. The third kappa shape index (κ3) is 6.64. The molecule has 6 heterocycles. The van der Waals surface area contributed by atoms with Crippen LogP contribution in [0.4, 0.5) is 16.2 Å². The number of imide groups is 2. The van der Waals surface area contributed by atoms with Crippen LogP contribution >= 0.6 is 0 Å². The van der Waals surface area contributed by atoms with Crippen LogP contribution < -0.4 is 15.1 Å². The molecule has 0 unspecified atom stereocenters. The van der Waals surface area contributed by atoms with Gasteiger partial charge in [-0.3, -0.25) is 29.4 Å². The Morgan fingerprint density at radius 1 is 0.774 bits per heavy atom. The number of ketones is 1. The first-order valence-electron chi connectivity index (χ1n) is 22.3. The standard InChI is InChI=1S/C48H53N9O5/c1-4-31-24-37-38(48(2,3)44-42(43(37)59)35-7-5-30(27-49)23-39(35)50-44)26-40(31)55-16-11-32(12-17-55)54-21-19-52(20-22-54)28-29-9-14-53(15-10-29)33-6-8-34-36(25-33)46(61)57(45(34)60)56-18-13-41(58)51-47(56)62/h5-8,23-26,29,32,50H,4,9-22,28H2,1-3H3,(H,51,58,62). The van der Waals surface area contributed by atoms with Crippen LogP contribution in [-0.2, 0) is 16.6 Å². The number of rotatable bonds is 7. The van der Waals surface area contributed by atoms with Crippen molar-refractivity contribution in [1.82, 2.24) is 30.1 Å². The number of piperidine rings is 2. The topological polar surface area (TPSA) is 156 Å². The summed E-state index contributed by atoms with van der Waals surface area (Å²) in [6, 6.07) is 17.4. The number of benzene rings is 3. The van der Waals surface area contributed by atoms with Crippen LogP contribution in [0, 0.1) is 17.2 Å². The molecule has 10 rings (SSSR count). The normalized spacial score (nSPS) is 21.4. The van der Waals surface area contributed by atoms with Gasteiger partial charge in [0.2, 0.25) is 5.91 Å². The van der Waals surface area contributed by atoms with Crippen LogP contribution in [-0.4, -0.2) is 126 Å². The van der Waals surface area contributed by atoms with Crippen molar-refractivity contribution in [2.24, 2.45) is 5.92 Å². The number of fused-ring (bicyclic) bond motifs is 5. The fourth-order valence-corrected chi connectivity index (χ4v) is 11.1. The molecule has 3 aromatic carbocycles. The van der Waals surface area contributed by atoms with Crippen molar-refractivity contribution in [1.29, 1.82) is 5.26 Å². The summed E-state index contributed by atoms with van der Waals surface area (Å²) in [6.07, 6.45) is 5.21. The van der Waals surface area contributed by atoms with E-state index in [1.807, 2.05) is 18.2 Å². The number of aromatic amines is 1. The van der Waals surface area contributed by atoms with Gasteiger partial charge in [0.1, 0.15) is 0 Å². The quantitative estimate of drug-likeness (QED) is 0.231. The number of H-pyrrole nitrogens is 1. The lowest BCUT2D eigenvalue weighted by Gasteiger charge is -2.45. The molecule has 1 aromatic heterocycles. The molecule has 6 aliphatic rings. The molecule has 0 atom stereocenters. The second kappa shape index (κ2) is 15.4. The van der Waals surface area contributed by atoms with E-state index in [-0.39, 0.29) is 29.9 Å². The van der Waals surface area contributed by atoms with Crippen LogP contribution in [0.25, 0.3) is 10.9 Å². The van der Waals surface area contributed by atoms with Crippen LogP contribution in [0.3, 0.4) is 0 Å². The molecule has 0 saturated carbocycles. The number of piperazine rings is 1. The predicted molar refractivity (Wildman–Crippen MR) is 234 cm³/mol. The number of carbonyl (C=O) groups excluding carboxylic acids is 5. The lowest BCUT2D eigenvalue weighted by molar-refractivity contribution is -0.122. The van der Waals surface area contributed by atoms with E-state index < -0.39 is 29.2 Å². The molecule has 1 aliphatic carbocycles. The van der Waals surface area contributed by atoms with Crippen LogP contribution in [0.2, 0.25) is 0 Å². The molecule has 320 valence electrons. The third-order valence-electron chi connectivity index (χ3n) is 14.6. The van der Waals surface area contributed by atoms with Gasteiger partial charge in [-0.1, -0.05) is 26.8 Å². The number of hydrogen-bond acceptors (Lipinski definition) is 10. The number of aromatic nitrogens is 1. The highest BCUT2D eigenvalue weighted by Gasteiger charge is 2.44. The number of anilines is 2. The van der Waals surface area contributed by atoms with Gasteiger partial charge in [-0.15, -0.1) is 0 Å². The summed E-state index contributed by atoms with van der Waals surface area (Å²) in [5, 5.41) is 14.5. The van der Waals surface area contributed by atoms with E-state index in [0.717, 1.165) is 140 Å². The highest BCUT2D eigenvalue weighted by atomic mass is 16.2. The van der Waals surface area contributed by atoms with Gasteiger partial charge in [0.05, 0.1) is 34.9 Å². The van der Waals surface area contributed by atoms with Gasteiger partial charge in [0, 0.05) is 110 Å². The molecule has 4 aromatic rings. The van der Waals surface area contributed by atoms with Crippen molar-refractivity contribution in [2.45, 2.75) is 70.8 Å². The molecule has 4 fully saturated rings. The van der Waals surface area contributed by atoms with Gasteiger partial charge in [0.25, 0.3) is 11.8 Å². The van der Waals surface area contributed by atoms with E-state index in [9.17, 15) is 29.2 Å². The number of amides is 5. The van der Waals surface area contributed by atoms with Crippen LogP contribution in [0.5, 0.6) is 0 Å². The SMILES string of the molecule is CCc1cc2c(cc1N1CCC(N3CCN(CC4CCN(c5ccc6c(c5)C(=O)N(N5CCC(=O)NC5=O)C6=O)CC4)CC3)CC1)C(C)(C)c1[nH]c3cc(C#N)ccc3c1C2=O. The van der Waals surface area contributed by atoms with Crippen LogP contribution in [0.1, 0.15) is 112 Å². The predicted octanol–water partition coefficient (Wildman–Crippen LogP) is 5.43. The maximum atomic E-state index is 14.2. The lowest BCUT2D eigenvalue weighted by atomic mass is 9.70. The van der Waals surface area contributed by atoms with Crippen molar-refractivity contribution in [3.63, 3.8) is 0 Å². The molecule has 4 saturated heterocycles. The minimum atomic E-state index is -0.761. The summed E-state index contributed by atoms with van der Waals surface area (Å²) in [4.78, 5) is 78.4. The molecular weight excluding hydrogens is 783 g/mol. The molecule has 62 heavy (non-hydrogen) atoms. The number of nitrogens with zero attached hydrogens (tertiary/aromatic N) is 7. The minimum absolute atomic E-state index is 0.0192. The number of nitriles is 1. The van der Waals surface area contributed by atoms with Crippen molar-refractivity contribution < 1.29 is 24.0 Å². The summed E-state index contributed by atoms with van der Waals surface area (Å²) >= 11 is 0. The fraction of sp³-hybridized carbons (Fsp3) is 0.458. The molecule has 14 nitrogen and oxygen atoms in total. The van der Waals surface area contributed by atoms with E-state index in [1.54, 1.807) is 18.2 Å². The van der Waals surface area contributed by atoms with E-state index in [0.29, 0.717) is 17.5 Å². The van der Waals surface area contributed by atoms with Crippen molar-refractivity contribution >= 4 is 51.8 Å². The van der Waals surface area contributed by atoms with Gasteiger partial charge in [0.15, 0.2) is 5.78 Å². The summed E-state index contributed by atoms with van der Waals surface area (Å²) in [7, 11) is 0. The molecular formula is C48H53N9O5. The highest BCUT2D eigenvalue weighted by molar-refractivity contribution is 6.22. The van der Waals surface area contributed by atoms with Gasteiger partial charge < -0.3 is 19.7 Å². The number of hydrazine groups is 1. The molecule has 2 N–H and O–H groups in total. The Balaban J connectivity index is 0.720. The van der Waals surface area contributed by atoms with Crippen molar-refractivity contribution in [3.05, 3.63) is 93.2 Å². The third-order valence-corrected chi connectivity index (χ3v) is 14.6. The lowest BCUT2D eigenvalue weighted by Crippen LogP contribution is -2.58. The van der Waals surface area contributed by atoms with Gasteiger partial charge in [-0.2, -0.15) is 10.3 Å². The minimum Gasteiger partial charge on any atom is -0.371 e. The van der Waals surface area contributed by atoms with E-state index in [1.165, 1.54) is 11.3 Å². The van der Waals surface area contributed by atoms with E-state index in [2.05, 4.69) is 68.9 Å². The second-order valence-electron chi connectivity index (χ2n) is 18.4. The van der Waals surface area contributed by atoms with Gasteiger partial charge >= 0.3 is 6.03 Å². The Labute approximate surface area is 361 Å². The number of hydrogen-bond donors (Lipinski definition) is 2. The number of aryl methyl sites for hydroxylation is 1. The van der Waals surface area contributed by atoms with Gasteiger partial charge in [-0.05, 0) is 91.6 Å². The maximum absolute atomic E-state index is 14.2. The zero-order chi connectivity index (χ0) is 43.0. The molecule has 5 amide bonds. The molecule has 0 bridgehead atoms. The maximum Gasteiger partial charge on any atom is 0.343 e. The van der Waals surface area contributed by atoms with Crippen molar-refractivity contribution in [3.8, 4) is 6.07 Å². The molecule has 0 spiro atoms.